The number of piperidine rings is 1. The molecule has 1 spiro atoms. The molecule has 8 heteroatoms. The van der Waals surface area contributed by atoms with Gasteiger partial charge in [0.05, 0.1) is 5.54 Å². The molecule has 36 heavy (non-hydrogen) atoms. The van der Waals surface area contributed by atoms with Crippen LogP contribution in [0.1, 0.15) is 57.4 Å². The molecule has 0 aromatic heterocycles. The summed E-state index contributed by atoms with van der Waals surface area (Å²) in [6.07, 6.45) is 7.37. The van der Waals surface area contributed by atoms with Crippen molar-refractivity contribution < 1.29 is 14.0 Å². The average molecular weight is 494 g/mol. The normalized spacial score (nSPS) is 22.6. The number of halogens is 1. The van der Waals surface area contributed by atoms with E-state index in [2.05, 4.69) is 20.9 Å². The first-order chi connectivity index (χ1) is 17.4. The smallest absolute Gasteiger partial charge is 0.323 e. The topological polar surface area (TPSA) is 76.7 Å². The average Bonchev–Trinajstić information content (AvgIpc) is 3.12. The Morgan fingerprint density at radius 1 is 1.08 bits per heavy atom. The monoisotopic (exact) mass is 493 g/mol. The van der Waals surface area contributed by atoms with Crippen molar-refractivity contribution in [3.05, 3.63) is 59.9 Å². The van der Waals surface area contributed by atoms with Crippen molar-refractivity contribution in [3.8, 4) is 0 Å². The fourth-order valence-electron chi connectivity index (χ4n) is 6.11. The molecule has 1 saturated carbocycles. The van der Waals surface area contributed by atoms with Gasteiger partial charge >= 0.3 is 6.03 Å². The van der Waals surface area contributed by atoms with E-state index in [1.54, 1.807) is 6.07 Å². The lowest BCUT2D eigenvalue weighted by Gasteiger charge is -2.47. The Labute approximate surface area is 212 Å². The first-order valence-electron chi connectivity index (χ1n) is 13.1. The molecule has 1 atom stereocenters. The van der Waals surface area contributed by atoms with Crippen molar-refractivity contribution in [2.45, 2.75) is 76.2 Å². The van der Waals surface area contributed by atoms with E-state index in [0.29, 0.717) is 11.7 Å². The van der Waals surface area contributed by atoms with Crippen LogP contribution in [-0.2, 0) is 11.3 Å². The molecule has 5 rings (SSSR count). The second-order valence-corrected chi connectivity index (χ2v) is 10.5. The lowest BCUT2D eigenvalue weighted by atomic mass is 9.82. The van der Waals surface area contributed by atoms with Crippen molar-refractivity contribution in [2.24, 2.45) is 0 Å². The number of carbonyl (C=O) groups excluding carboxylic acids is 2. The molecule has 192 valence electrons. The van der Waals surface area contributed by atoms with Gasteiger partial charge in [-0.3, -0.25) is 19.9 Å². The Kier molecular flexibility index (Phi) is 7.25. The molecular formula is C28H36FN5O2. The van der Waals surface area contributed by atoms with Gasteiger partial charge in [0, 0.05) is 44.0 Å². The van der Waals surface area contributed by atoms with Crippen LogP contribution in [0.2, 0.25) is 0 Å². The fourth-order valence-corrected chi connectivity index (χ4v) is 6.11. The van der Waals surface area contributed by atoms with Crippen LogP contribution in [0.5, 0.6) is 0 Å². The number of anilines is 2. The van der Waals surface area contributed by atoms with Gasteiger partial charge in [-0.15, -0.1) is 0 Å². The number of carbonyl (C=O) groups is 2. The molecule has 3 fully saturated rings. The van der Waals surface area contributed by atoms with Crippen molar-refractivity contribution >= 4 is 23.3 Å². The third-order valence-electron chi connectivity index (χ3n) is 7.93. The number of hydrogen-bond acceptors (Lipinski definition) is 4. The maximum absolute atomic E-state index is 14.2. The quantitative estimate of drug-likeness (QED) is 0.550. The summed E-state index contributed by atoms with van der Waals surface area (Å²) in [7, 11) is 0. The zero-order chi connectivity index (χ0) is 25.1. The van der Waals surface area contributed by atoms with Gasteiger partial charge in [0.2, 0.25) is 5.91 Å². The fraction of sp³-hybridized carbons (Fsp3) is 0.500. The van der Waals surface area contributed by atoms with Gasteiger partial charge in [0.25, 0.3) is 0 Å². The van der Waals surface area contributed by atoms with Gasteiger partial charge in [0.1, 0.15) is 12.0 Å². The highest BCUT2D eigenvalue weighted by Crippen LogP contribution is 2.40. The number of likely N-dealkylation sites (tertiary alicyclic amines) is 1. The van der Waals surface area contributed by atoms with Gasteiger partial charge in [-0.05, 0) is 61.6 Å². The van der Waals surface area contributed by atoms with E-state index in [9.17, 15) is 14.0 Å². The molecule has 0 radical (unpaired) electrons. The molecule has 2 heterocycles. The lowest BCUT2D eigenvalue weighted by Crippen LogP contribution is -2.63. The van der Waals surface area contributed by atoms with E-state index in [4.69, 9.17) is 0 Å². The molecule has 2 aromatic rings. The predicted molar refractivity (Wildman–Crippen MR) is 139 cm³/mol. The summed E-state index contributed by atoms with van der Waals surface area (Å²) in [5, 5.41) is 9.81. The van der Waals surface area contributed by atoms with Crippen LogP contribution in [0.25, 0.3) is 0 Å². The first-order valence-corrected chi connectivity index (χ1v) is 13.1. The van der Waals surface area contributed by atoms with E-state index in [1.807, 2.05) is 35.2 Å². The third kappa shape index (κ3) is 5.25. The molecule has 2 aliphatic heterocycles. The Morgan fingerprint density at radius 2 is 1.81 bits per heavy atom. The number of benzene rings is 2. The summed E-state index contributed by atoms with van der Waals surface area (Å²) in [5.74, 6) is -0.415. The minimum absolute atomic E-state index is 0.0805. The van der Waals surface area contributed by atoms with Crippen LogP contribution < -0.4 is 20.9 Å². The SMILES string of the molecule is CC(=O)Nc1ccc(CN2CCC3(CC2)[C@@H](NC2CCCCC2)NC(=O)N3c2cccc(F)c2)cc1. The highest BCUT2D eigenvalue weighted by molar-refractivity contribution is 5.97. The Balaban J connectivity index is 1.33. The maximum Gasteiger partial charge on any atom is 0.323 e. The summed E-state index contributed by atoms with van der Waals surface area (Å²) < 4.78 is 14.2. The molecular weight excluding hydrogens is 457 g/mol. The van der Waals surface area contributed by atoms with Crippen molar-refractivity contribution in [1.29, 1.82) is 0 Å². The van der Waals surface area contributed by atoms with Gasteiger partial charge in [0.15, 0.2) is 0 Å². The number of nitrogens with zero attached hydrogens (tertiary/aromatic N) is 2. The van der Waals surface area contributed by atoms with E-state index in [1.165, 1.54) is 43.9 Å². The number of amides is 3. The predicted octanol–water partition coefficient (Wildman–Crippen LogP) is 4.60. The zero-order valence-electron chi connectivity index (χ0n) is 20.9. The van der Waals surface area contributed by atoms with Crippen LogP contribution in [0, 0.1) is 5.82 Å². The number of urea groups is 1. The molecule has 2 saturated heterocycles. The maximum atomic E-state index is 14.2. The van der Waals surface area contributed by atoms with Gasteiger partial charge in [-0.1, -0.05) is 37.5 Å². The minimum Gasteiger partial charge on any atom is -0.326 e. The van der Waals surface area contributed by atoms with Crippen molar-refractivity contribution in [3.63, 3.8) is 0 Å². The summed E-state index contributed by atoms with van der Waals surface area (Å²) in [6.45, 7) is 3.97. The van der Waals surface area contributed by atoms with Crippen molar-refractivity contribution in [2.75, 3.05) is 23.3 Å². The number of nitrogens with one attached hydrogen (secondary N) is 3. The molecule has 2 aromatic carbocycles. The van der Waals surface area contributed by atoms with Crippen LogP contribution in [0.4, 0.5) is 20.6 Å². The molecule has 3 aliphatic rings. The summed E-state index contributed by atoms with van der Waals surface area (Å²) in [4.78, 5) is 28.8. The standard InChI is InChI=1S/C28H36FN5O2/c1-20(35)30-24-12-10-21(11-13-24)19-33-16-14-28(15-17-33)26(31-23-7-3-2-4-8-23)32-27(36)34(28)25-9-5-6-22(29)18-25/h5-6,9-13,18,23,26,31H,2-4,7-8,14-17,19H2,1H3,(H,30,35)(H,32,36)/t26-/m0/s1. The first kappa shape index (κ1) is 24.7. The van der Waals surface area contributed by atoms with E-state index < -0.39 is 5.54 Å². The zero-order valence-corrected chi connectivity index (χ0v) is 20.9. The lowest BCUT2D eigenvalue weighted by molar-refractivity contribution is -0.114. The Hall–Kier alpha value is -2.97. The van der Waals surface area contributed by atoms with Gasteiger partial charge in [-0.25, -0.2) is 9.18 Å². The molecule has 3 amide bonds. The molecule has 3 N–H and O–H groups in total. The van der Waals surface area contributed by atoms with Crippen LogP contribution in [0.15, 0.2) is 48.5 Å². The van der Waals surface area contributed by atoms with E-state index >= 15 is 0 Å². The van der Waals surface area contributed by atoms with Gasteiger partial charge < -0.3 is 10.6 Å². The Morgan fingerprint density at radius 3 is 2.47 bits per heavy atom. The number of hydrogen-bond donors (Lipinski definition) is 3. The van der Waals surface area contributed by atoms with E-state index in [-0.39, 0.29) is 23.9 Å². The minimum atomic E-state index is -0.450. The summed E-state index contributed by atoms with van der Waals surface area (Å²) in [6, 6.07) is 14.6. The second kappa shape index (κ2) is 10.6. The summed E-state index contributed by atoms with van der Waals surface area (Å²) in [5.41, 5.74) is 2.14. The Bertz CT molecular complexity index is 1080. The highest BCUT2D eigenvalue weighted by Gasteiger charge is 2.55. The molecule has 1 aliphatic carbocycles. The van der Waals surface area contributed by atoms with Crippen molar-refractivity contribution in [1.82, 2.24) is 15.5 Å². The number of rotatable bonds is 6. The van der Waals surface area contributed by atoms with E-state index in [0.717, 1.165) is 51.0 Å². The second-order valence-electron chi connectivity index (χ2n) is 10.5. The molecule has 0 unspecified atom stereocenters. The largest absolute Gasteiger partial charge is 0.326 e. The summed E-state index contributed by atoms with van der Waals surface area (Å²) >= 11 is 0. The van der Waals surface area contributed by atoms with Gasteiger partial charge in [-0.2, -0.15) is 0 Å². The van der Waals surface area contributed by atoms with Crippen LogP contribution >= 0.6 is 0 Å². The third-order valence-corrected chi connectivity index (χ3v) is 7.93. The molecule has 0 bridgehead atoms. The molecule has 7 nitrogen and oxygen atoms in total. The van der Waals surface area contributed by atoms with Crippen LogP contribution in [-0.4, -0.2) is 47.7 Å². The highest BCUT2D eigenvalue weighted by atomic mass is 19.1. The van der Waals surface area contributed by atoms with Crippen LogP contribution in [0.3, 0.4) is 0 Å².